The van der Waals surface area contributed by atoms with E-state index in [9.17, 15) is 0 Å². The van der Waals surface area contributed by atoms with Crippen LogP contribution in [-0.2, 0) is 0 Å². The largest absolute Gasteiger partial charge is 3.00 e. The van der Waals surface area contributed by atoms with E-state index in [1.54, 1.807) is 0 Å². The summed E-state index contributed by atoms with van der Waals surface area (Å²) in [7, 11) is 0. The molecule has 0 aliphatic heterocycles. The summed E-state index contributed by atoms with van der Waals surface area (Å²) in [6.45, 7) is 0. The van der Waals surface area contributed by atoms with Crippen LogP contribution in [0.1, 0.15) is 0 Å². The van der Waals surface area contributed by atoms with Crippen LogP contribution < -0.4 is 37.8 Å². The molecule has 0 saturated carbocycles. The third-order valence-corrected chi connectivity index (χ3v) is 0. The van der Waals surface area contributed by atoms with Gasteiger partial charge in [0.25, 0.3) is 0 Å². The van der Waals surface area contributed by atoms with E-state index in [1.165, 1.54) is 0 Å². The third-order valence-electron chi connectivity index (χ3n) is 0. The molecule has 0 unspecified atom stereocenters. The van der Waals surface area contributed by atoms with Crippen LogP contribution in [-0.4, -0.2) is 19.8 Å². The van der Waals surface area contributed by atoms with Crippen molar-refractivity contribution in [3.63, 3.8) is 0 Å². The van der Waals surface area contributed by atoms with Crippen molar-refractivity contribution < 1.29 is 82.2 Å². The normalized spacial score (nSPS) is 8.31. The van der Waals surface area contributed by atoms with Crippen molar-refractivity contribution in [1.82, 2.24) is 0 Å². The first kappa shape index (κ1) is 24.1. The van der Waals surface area contributed by atoms with Gasteiger partial charge in [0.2, 0.25) is 44.4 Å². The molecule has 0 aromatic carbocycles. The predicted molar refractivity (Wildman–Crippen MR) is 5.75 cm³/mol. The van der Waals surface area contributed by atoms with Gasteiger partial charge in [-0.05, 0) is 0 Å². The van der Waals surface area contributed by atoms with Gasteiger partial charge in [0.15, 0.2) is 0 Å². The molecule has 0 aliphatic rings. The Morgan fingerprint density at radius 3 is 0.385 bits per heavy atom. The van der Waals surface area contributed by atoms with Crippen molar-refractivity contribution in [1.29, 1.82) is 0 Å². The van der Waals surface area contributed by atoms with Gasteiger partial charge in [-0.15, -0.1) is 0 Å². The first-order valence-electron chi connectivity index (χ1n) is 1.39. The standard InChI is InChI=1S/3BrO3.Ga/c3*2-1(3)4;/q3*-1;+3. The molecule has 0 atom stereocenters. The van der Waals surface area contributed by atoms with Crippen molar-refractivity contribution in [3.8, 4) is 0 Å². The van der Waals surface area contributed by atoms with Crippen LogP contribution in [0.5, 0.6) is 0 Å². The second-order valence-electron chi connectivity index (χ2n) is 0.567. The number of rotatable bonds is 0. The molecule has 0 spiro atoms. The van der Waals surface area contributed by atoms with Gasteiger partial charge in [0, 0.05) is 0 Å². The van der Waals surface area contributed by atoms with Gasteiger partial charge in [-0.2, -0.15) is 0 Å². The van der Waals surface area contributed by atoms with E-state index in [-0.39, 0.29) is 19.8 Å². The van der Waals surface area contributed by atoms with Crippen molar-refractivity contribution in [2.75, 3.05) is 0 Å². The van der Waals surface area contributed by atoms with Gasteiger partial charge in [-0.3, -0.25) is 0 Å². The molecular weight excluding hydrogens is 453 g/mol. The monoisotopic (exact) mass is 450 g/mol. The zero-order valence-corrected chi connectivity index (χ0v) is 12.6. The number of halogens is 3. The van der Waals surface area contributed by atoms with Gasteiger partial charge in [-0.25, -0.2) is 0 Å². The van der Waals surface area contributed by atoms with Crippen LogP contribution in [0.4, 0.5) is 0 Å². The Balaban J connectivity index is -0.0000000450. The Morgan fingerprint density at radius 2 is 0.385 bits per heavy atom. The Kier molecular flexibility index (Phi) is 35.8. The SMILES string of the molecule is [Ga+3].[O-][Br+2]([O-])[O-].[O-][Br+2]([O-])[O-].[O-][Br+2]([O-])[O-]. The van der Waals surface area contributed by atoms with Crippen LogP contribution in [0.25, 0.3) is 0 Å². The van der Waals surface area contributed by atoms with Gasteiger partial charge >= 0.3 is 19.8 Å². The fourth-order valence-electron chi connectivity index (χ4n) is 0. The zero-order valence-electron chi connectivity index (χ0n) is 5.39. The summed E-state index contributed by atoms with van der Waals surface area (Å²) in [6.07, 6.45) is 0. The van der Waals surface area contributed by atoms with Crippen LogP contribution in [0.3, 0.4) is 0 Å². The maximum Gasteiger partial charge on any atom is 3.00 e. The average Bonchev–Trinajstić information content (AvgIpc) is 1.54. The first-order valence-corrected chi connectivity index (χ1v) is 7.22. The molecule has 0 amide bonds. The minimum atomic E-state index is -3.65. The van der Waals surface area contributed by atoms with E-state index in [4.69, 9.17) is 37.8 Å². The Bertz CT molecular complexity index is 43.4. The molecule has 0 rings (SSSR count). The van der Waals surface area contributed by atoms with E-state index in [0.717, 1.165) is 0 Å². The van der Waals surface area contributed by atoms with E-state index in [2.05, 4.69) is 0 Å². The molecule has 13 heavy (non-hydrogen) atoms. The second kappa shape index (κ2) is 19.3. The van der Waals surface area contributed by atoms with Crippen molar-refractivity contribution in [2.24, 2.45) is 0 Å². The molecule has 0 radical (unpaired) electrons. The van der Waals surface area contributed by atoms with E-state index in [1.807, 2.05) is 0 Å². The maximum absolute atomic E-state index is 8.52. The summed E-state index contributed by atoms with van der Waals surface area (Å²) in [5.41, 5.74) is 0. The fraction of sp³-hybridized carbons (Fsp3) is 0. The number of hydrogen-bond acceptors (Lipinski definition) is 9. The topological polar surface area (TPSA) is 208 Å². The summed E-state index contributed by atoms with van der Waals surface area (Å²) in [4.78, 5) is 0. The van der Waals surface area contributed by atoms with Gasteiger partial charge in [-0.1, -0.05) is 0 Å². The Labute approximate surface area is 101 Å². The molecule has 0 heterocycles. The van der Waals surface area contributed by atoms with E-state index in [0.29, 0.717) is 0 Å². The van der Waals surface area contributed by atoms with E-state index >= 15 is 0 Å². The molecule has 0 aromatic heterocycles. The molecule has 9 nitrogen and oxygen atoms in total. The van der Waals surface area contributed by atoms with Crippen LogP contribution in [0.15, 0.2) is 0 Å². The predicted octanol–water partition coefficient (Wildman–Crippen LogP) is -11.1. The first-order chi connectivity index (χ1) is 5.20. The molecule has 0 aromatic rings. The summed E-state index contributed by atoms with van der Waals surface area (Å²) in [6, 6.07) is 0. The molecule has 0 fully saturated rings. The minimum absolute atomic E-state index is 0. The minimum Gasteiger partial charge on any atom is -0.405 e. The van der Waals surface area contributed by atoms with Crippen LogP contribution in [0.2, 0.25) is 0 Å². The fourth-order valence-corrected chi connectivity index (χ4v) is 0. The van der Waals surface area contributed by atoms with E-state index < -0.39 is 44.4 Å². The van der Waals surface area contributed by atoms with Gasteiger partial charge < -0.3 is 37.8 Å². The van der Waals surface area contributed by atoms with Crippen molar-refractivity contribution >= 4 is 19.8 Å². The Hall–Kier alpha value is 1.72. The maximum atomic E-state index is 8.52. The third kappa shape index (κ3) is 639. The smallest absolute Gasteiger partial charge is 0.405 e. The summed E-state index contributed by atoms with van der Waals surface area (Å²) in [5.74, 6) is 0. The van der Waals surface area contributed by atoms with Gasteiger partial charge in [0.05, 0.1) is 0 Å². The second-order valence-corrected chi connectivity index (χ2v) is 2.95. The Morgan fingerprint density at radius 1 is 0.385 bits per heavy atom. The van der Waals surface area contributed by atoms with Crippen molar-refractivity contribution in [3.05, 3.63) is 0 Å². The summed E-state index contributed by atoms with van der Waals surface area (Å²) < 4.78 is 76.7. The van der Waals surface area contributed by atoms with Crippen molar-refractivity contribution in [2.45, 2.75) is 0 Å². The molecule has 0 aliphatic carbocycles. The summed E-state index contributed by atoms with van der Waals surface area (Å²) in [5, 5.41) is 0. The molecule has 0 saturated heterocycles. The quantitative estimate of drug-likeness (QED) is 0.318. The van der Waals surface area contributed by atoms with Crippen LogP contribution >= 0.6 is 0 Å². The molecular formula is Br3GaO9. The van der Waals surface area contributed by atoms with Gasteiger partial charge in [0.1, 0.15) is 0 Å². The zero-order chi connectivity index (χ0) is 10.7. The average molecular weight is 453 g/mol. The van der Waals surface area contributed by atoms with Crippen LogP contribution in [0, 0.1) is 44.4 Å². The molecule has 0 N–H and O–H groups in total. The molecule has 0 bridgehead atoms. The molecule has 13 heteroatoms. The summed E-state index contributed by atoms with van der Waals surface area (Å²) >= 11 is -10.9. The molecule has 78 valence electrons. The number of hydrogen-bond donors (Lipinski definition) is 0.